The van der Waals surface area contributed by atoms with E-state index in [1.807, 2.05) is 97.1 Å². The number of likely N-dealkylation sites (N-methyl/N-ethyl adjacent to an activating group) is 2. The molecule has 39 heteroatoms. The fourth-order valence-corrected chi connectivity index (χ4v) is 11.8. The van der Waals surface area contributed by atoms with Crippen LogP contribution in [0.1, 0.15) is 101 Å². The standard InChI is InChI=1S/3C17H16F3NO3.2C11H10F3NO.C10H9F3O3.C8H10.H3NO/c2*18-14-9-16(20)15(19)7-12(14)6-13(22)8-17(23)21-24-10-11-4-2-1-3-5-11;18-14-9-16(20)15(19)7-12(14)6-13(8-17(22)23)21-24-10-11-4-2-1-3-5-11;2*1-15-7(4-11(15)16)2-6-3-9(13)10(14)5-8(6)12;11-7-4-9(13)8(12)2-5(7)1-6(14)3-10(15)16;1-2-8-6-4-3-5-7-8;1-2/h2*1-5,7,9,13,22H,6,8,10H2,(H,21,23);1-5,7,9,13,21H,6,8,10H2,(H,22,23);2*3,5,7H,2,4H2,1H3;2,4,6,14H,1,3H2,(H,15,16);3-7H,2H2,1H3;2H,1H2/t3*13-;2*7-;6-;;/m001110../s1. The van der Waals surface area contributed by atoms with Gasteiger partial charge in [0.2, 0.25) is 23.6 Å². The van der Waals surface area contributed by atoms with E-state index in [1.165, 1.54) is 15.4 Å². The minimum absolute atomic E-state index is 0.0204. The maximum atomic E-state index is 13.7. The van der Waals surface area contributed by atoms with Crippen LogP contribution >= 0.6 is 0 Å². The van der Waals surface area contributed by atoms with Gasteiger partial charge in [-0.1, -0.05) is 128 Å². The van der Waals surface area contributed by atoms with Gasteiger partial charge < -0.3 is 40.5 Å². The number of carbonyl (C=O) groups excluding carboxylic acids is 4. The van der Waals surface area contributed by atoms with Crippen LogP contribution in [-0.2, 0) is 108 Å². The molecule has 6 atom stereocenters. The molecule has 130 heavy (non-hydrogen) atoms. The first kappa shape index (κ1) is 108. The Morgan fingerprint density at radius 3 is 0.838 bits per heavy atom. The Balaban J connectivity index is 0.000000272. The number of aliphatic carboxylic acids is 2. The zero-order valence-electron chi connectivity index (χ0n) is 69.4. The maximum absolute atomic E-state index is 13.7. The summed E-state index contributed by atoms with van der Waals surface area (Å²) in [5.41, 5.74) is 10.2. The highest BCUT2D eigenvalue weighted by molar-refractivity contribution is 5.83. The monoisotopic (exact) mass is 1850 g/mol. The zero-order valence-corrected chi connectivity index (χ0v) is 69.4. The quantitative estimate of drug-likeness (QED) is 0.00835. The highest BCUT2D eigenvalue weighted by Crippen LogP contribution is 2.27. The lowest BCUT2D eigenvalue weighted by Crippen LogP contribution is -2.50. The number of β-lactam (4-membered cyclic amide) rings is 2. The summed E-state index contributed by atoms with van der Waals surface area (Å²) in [6, 6.07) is 43.8. The smallest absolute Gasteiger partial charge is 0.305 e. The number of hydrogen-bond donors (Lipinski definition) is 10. The molecule has 12 rings (SSSR count). The summed E-state index contributed by atoms with van der Waals surface area (Å²) >= 11 is 0. The Labute approximate surface area is 733 Å². The van der Waals surface area contributed by atoms with E-state index in [4.69, 9.17) is 29.9 Å². The number of aryl methyl sites for hydroxylation is 1. The molecule has 10 aromatic rings. The molecule has 0 saturated carbocycles. The predicted molar refractivity (Wildman–Crippen MR) is 433 cm³/mol. The van der Waals surface area contributed by atoms with Crippen molar-refractivity contribution < 1.29 is 153 Å². The lowest BCUT2D eigenvalue weighted by atomic mass is 9.95. The van der Waals surface area contributed by atoms with Gasteiger partial charge in [-0.25, -0.2) is 95.9 Å². The summed E-state index contributed by atoms with van der Waals surface area (Å²) in [4.78, 5) is 84.4. The van der Waals surface area contributed by atoms with Crippen molar-refractivity contribution in [3.05, 3.63) is 354 Å². The van der Waals surface area contributed by atoms with Crippen LogP contribution in [0.25, 0.3) is 0 Å². The first-order valence-corrected chi connectivity index (χ1v) is 39.1. The Bertz CT molecular complexity index is 5110. The number of rotatable bonds is 31. The number of hydroxylamine groups is 3. The number of carbonyl (C=O) groups is 6. The lowest BCUT2D eigenvalue weighted by molar-refractivity contribution is -0.144. The molecule has 0 aliphatic carbocycles. The number of carboxylic acid groups (broad SMARTS) is 2. The molecule has 0 spiro atoms. The van der Waals surface area contributed by atoms with Crippen molar-refractivity contribution in [1.29, 1.82) is 0 Å². The van der Waals surface area contributed by atoms with E-state index < -0.39 is 159 Å². The summed E-state index contributed by atoms with van der Waals surface area (Å²) in [5.74, 6) is -20.2. The Morgan fingerprint density at radius 1 is 0.346 bits per heavy atom. The van der Waals surface area contributed by atoms with Crippen LogP contribution in [0.15, 0.2) is 194 Å². The molecule has 11 N–H and O–H groups in total. The molecule has 21 nitrogen and oxygen atoms in total. The summed E-state index contributed by atoms with van der Waals surface area (Å²) in [6.45, 7) is 2.65. The van der Waals surface area contributed by atoms with Crippen LogP contribution in [0.5, 0.6) is 0 Å². The molecule has 0 bridgehead atoms. The number of halogens is 18. The topological polar surface area (TPSA) is 320 Å². The molecule has 10 aromatic carbocycles. The summed E-state index contributed by atoms with van der Waals surface area (Å²) in [5, 5.41) is 52.5. The third-order valence-corrected chi connectivity index (χ3v) is 18.8. The molecule has 2 fully saturated rings. The third-order valence-electron chi connectivity index (χ3n) is 18.8. The molecule has 2 aliphatic rings. The van der Waals surface area contributed by atoms with Crippen LogP contribution in [0, 0.1) is 105 Å². The van der Waals surface area contributed by atoms with E-state index in [0.29, 0.717) is 67.4 Å². The van der Waals surface area contributed by atoms with Gasteiger partial charge in [-0.2, -0.15) is 5.48 Å². The van der Waals surface area contributed by atoms with Crippen molar-refractivity contribution in [2.75, 3.05) is 14.1 Å². The van der Waals surface area contributed by atoms with Gasteiger partial charge in [0, 0.05) is 101 Å². The van der Waals surface area contributed by atoms with Crippen molar-refractivity contribution in [3.63, 3.8) is 0 Å². The van der Waals surface area contributed by atoms with Gasteiger partial charge in [0.1, 0.15) is 34.9 Å². The van der Waals surface area contributed by atoms with Crippen molar-refractivity contribution in [3.8, 4) is 0 Å². The first-order valence-electron chi connectivity index (χ1n) is 39.1. The van der Waals surface area contributed by atoms with Gasteiger partial charge in [-0.3, -0.25) is 43.3 Å². The number of nitrogens with one attached hydrogen (secondary N) is 3. The van der Waals surface area contributed by atoms with Crippen LogP contribution in [-0.4, -0.2) is 127 Å². The number of aliphatic hydroxyl groups is 3. The van der Waals surface area contributed by atoms with Crippen molar-refractivity contribution in [2.24, 2.45) is 5.90 Å². The van der Waals surface area contributed by atoms with Crippen molar-refractivity contribution in [2.45, 2.75) is 147 Å². The number of aliphatic hydroxyl groups excluding tert-OH is 3. The molecule has 700 valence electrons. The zero-order chi connectivity index (χ0) is 96.4. The Kier molecular flexibility index (Phi) is 45.9. The van der Waals surface area contributed by atoms with E-state index in [1.54, 1.807) is 14.1 Å². The second-order valence-electron chi connectivity index (χ2n) is 28.7. The molecular formula is C91H90F18N6O15. The fourth-order valence-electron chi connectivity index (χ4n) is 11.8. The minimum atomic E-state index is -1.34. The molecule has 0 radical (unpaired) electrons. The fraction of sp³-hybridized carbons (Fsp3) is 0.275. The summed E-state index contributed by atoms with van der Waals surface area (Å²) in [7, 11) is 3.21. The summed E-state index contributed by atoms with van der Waals surface area (Å²) in [6.07, 6.45) is -4.51. The van der Waals surface area contributed by atoms with Gasteiger partial charge in [0.25, 0.3) is 0 Å². The van der Waals surface area contributed by atoms with E-state index in [2.05, 4.69) is 53.5 Å². The van der Waals surface area contributed by atoms with Gasteiger partial charge in [0.05, 0.1) is 63.8 Å². The average Bonchev–Trinajstić information content (AvgIpc) is 0.808. The van der Waals surface area contributed by atoms with Gasteiger partial charge in [-0.05, 0) is 118 Å². The number of nitrogens with two attached hydrogens (primary N) is 1. The van der Waals surface area contributed by atoms with Crippen LogP contribution in [0.2, 0.25) is 0 Å². The largest absolute Gasteiger partial charge is 0.481 e. The minimum Gasteiger partial charge on any atom is -0.481 e. The molecule has 0 unspecified atom stereocenters. The maximum Gasteiger partial charge on any atom is 0.305 e. The molecule has 2 saturated heterocycles. The second-order valence-corrected chi connectivity index (χ2v) is 28.7. The average molecular weight is 1850 g/mol. The number of nitrogens with zero attached hydrogens (tertiary/aromatic N) is 2. The van der Waals surface area contributed by atoms with E-state index in [9.17, 15) is 123 Å². The Morgan fingerprint density at radius 2 is 0.585 bits per heavy atom. The molecular weight excluding hydrogens is 1760 g/mol. The highest BCUT2D eigenvalue weighted by atomic mass is 19.2. The first-order chi connectivity index (χ1) is 61.7. The van der Waals surface area contributed by atoms with Crippen LogP contribution in [0.4, 0.5) is 79.0 Å². The molecule has 0 aromatic heterocycles. The number of benzene rings is 10. The number of likely N-dealkylation sites (tertiary alicyclic amines) is 2. The van der Waals surface area contributed by atoms with Crippen LogP contribution < -0.4 is 22.3 Å². The number of hydrogen-bond acceptors (Lipinski definition) is 15. The molecule has 4 amide bonds. The lowest BCUT2D eigenvalue weighted by Gasteiger charge is -2.37. The molecule has 2 aliphatic heterocycles. The van der Waals surface area contributed by atoms with E-state index >= 15 is 0 Å². The third kappa shape index (κ3) is 38.0. The van der Waals surface area contributed by atoms with Crippen molar-refractivity contribution in [1.82, 2.24) is 26.2 Å². The second kappa shape index (κ2) is 55.3. The SMILES string of the molecule is CCc1ccccc1.CN1C(=O)C[C@H]1Cc1cc(F)c(F)cc1F.CN1C(=O)C[C@H]1Cc1cc(F)c(F)cc1F.NO.O=C(C[C@@H](O)Cc1cc(F)c(F)cc1F)NOCc1ccccc1.O=C(C[C@@H](O)Cc1cc(F)c(F)cc1F)NOCc1ccccc1.O=C(O)C[C@@H](Cc1cc(F)c(F)cc1F)NOCc1ccccc1.O=C(O)C[C@@H](O)Cc1cc(F)c(F)cc1F. The number of amides is 4. The van der Waals surface area contributed by atoms with Gasteiger partial charge in [0.15, 0.2) is 69.8 Å². The normalized spacial score (nSPS) is 13.7. The van der Waals surface area contributed by atoms with E-state index in [0.717, 1.165) is 41.3 Å². The van der Waals surface area contributed by atoms with Gasteiger partial charge >= 0.3 is 11.9 Å². The highest BCUT2D eigenvalue weighted by Gasteiger charge is 2.35. The van der Waals surface area contributed by atoms with Crippen molar-refractivity contribution >= 4 is 35.6 Å². The summed E-state index contributed by atoms with van der Waals surface area (Å²) < 4.78 is 235. The number of carboxylic acids is 2. The van der Waals surface area contributed by atoms with Gasteiger partial charge in [-0.15, -0.1) is 0 Å². The predicted octanol–water partition coefficient (Wildman–Crippen LogP) is 15.3. The Hall–Kier alpha value is -12.6. The molecule has 2 heterocycles. The van der Waals surface area contributed by atoms with E-state index in [-0.39, 0.29) is 135 Å². The van der Waals surface area contributed by atoms with Crippen LogP contribution in [0.3, 0.4) is 0 Å².